The predicted octanol–water partition coefficient (Wildman–Crippen LogP) is 12.9. The highest BCUT2D eigenvalue weighted by molar-refractivity contribution is 5.74. The number of rotatable bonds is 12. The van der Waals surface area contributed by atoms with Crippen molar-refractivity contribution in [3.05, 3.63) is 101 Å². The Morgan fingerprint density at radius 3 is 2.05 bits per heavy atom. The SMILES string of the molecule is C/C=C/C1CCC(C2CC=C(c3ccc(-c4ccc(-c5ccc(CCCCCCCC)c(F)c5F)cc4)cc3F)CC2)CC1. The van der Waals surface area contributed by atoms with Crippen LogP contribution in [0.4, 0.5) is 13.2 Å². The summed E-state index contributed by atoms with van der Waals surface area (Å²) < 4.78 is 45.3. The maximum atomic E-state index is 15.4. The zero-order chi connectivity index (χ0) is 30.9. The third-order valence-corrected chi connectivity index (χ3v) is 10.2. The minimum Gasteiger partial charge on any atom is -0.206 e. The van der Waals surface area contributed by atoms with Crippen molar-refractivity contribution in [2.45, 2.75) is 104 Å². The van der Waals surface area contributed by atoms with E-state index in [-0.39, 0.29) is 11.4 Å². The van der Waals surface area contributed by atoms with Gasteiger partial charge in [0.05, 0.1) is 0 Å². The van der Waals surface area contributed by atoms with Gasteiger partial charge in [-0.2, -0.15) is 0 Å². The second-order valence-corrected chi connectivity index (χ2v) is 13.2. The van der Waals surface area contributed by atoms with E-state index in [9.17, 15) is 4.39 Å². The molecule has 2 aliphatic rings. The van der Waals surface area contributed by atoms with E-state index in [1.54, 1.807) is 30.3 Å². The highest BCUT2D eigenvalue weighted by Crippen LogP contribution is 2.42. The fourth-order valence-corrected chi connectivity index (χ4v) is 7.51. The number of benzene rings is 3. The Bertz CT molecular complexity index is 1420. The monoisotopic (exact) mass is 598 g/mol. The van der Waals surface area contributed by atoms with Crippen molar-refractivity contribution in [2.24, 2.45) is 17.8 Å². The van der Waals surface area contributed by atoms with Gasteiger partial charge in [0.2, 0.25) is 0 Å². The van der Waals surface area contributed by atoms with Crippen molar-refractivity contribution in [3.63, 3.8) is 0 Å². The topological polar surface area (TPSA) is 0 Å². The molecule has 0 heterocycles. The molecular weight excluding hydrogens is 549 g/mol. The van der Waals surface area contributed by atoms with E-state index in [1.165, 1.54) is 44.9 Å². The Morgan fingerprint density at radius 2 is 1.36 bits per heavy atom. The van der Waals surface area contributed by atoms with Gasteiger partial charge in [-0.15, -0.1) is 0 Å². The molecule has 0 aliphatic heterocycles. The van der Waals surface area contributed by atoms with Crippen molar-refractivity contribution in [2.75, 3.05) is 0 Å². The van der Waals surface area contributed by atoms with Crippen molar-refractivity contribution < 1.29 is 13.2 Å². The lowest BCUT2D eigenvalue weighted by molar-refractivity contribution is 0.212. The molecule has 0 saturated heterocycles. The summed E-state index contributed by atoms with van der Waals surface area (Å²) in [4.78, 5) is 0. The minimum absolute atomic E-state index is 0.197. The number of allylic oxidation sites excluding steroid dienone is 4. The zero-order valence-electron chi connectivity index (χ0n) is 26.7. The zero-order valence-corrected chi connectivity index (χ0v) is 26.7. The van der Waals surface area contributed by atoms with Crippen LogP contribution in [0.15, 0.2) is 72.8 Å². The Balaban J connectivity index is 1.20. The van der Waals surface area contributed by atoms with Crippen LogP contribution in [0.1, 0.15) is 108 Å². The van der Waals surface area contributed by atoms with E-state index in [4.69, 9.17) is 0 Å². The summed E-state index contributed by atoms with van der Waals surface area (Å²) in [6.45, 7) is 4.30. The predicted molar refractivity (Wildman–Crippen MR) is 180 cm³/mol. The standard InChI is InChI=1S/C41H49F3/c1-3-5-6-7-8-9-11-35-24-27-38(41(44)40(35)43)34-22-18-32(19-23-34)36-25-26-37(39(42)28-36)33-20-16-31(17-21-33)30-14-12-29(10-4-2)13-15-30/h4,10,18-20,22-31H,3,5-9,11-17,21H2,1-2H3/b10-4+. The molecule has 0 aromatic heterocycles. The molecule has 1 saturated carbocycles. The fourth-order valence-electron chi connectivity index (χ4n) is 7.51. The normalized spacial score (nSPS) is 20.7. The summed E-state index contributed by atoms with van der Waals surface area (Å²) in [5, 5.41) is 0. The highest BCUT2D eigenvalue weighted by Gasteiger charge is 2.28. The maximum absolute atomic E-state index is 15.4. The first-order valence-electron chi connectivity index (χ1n) is 17.2. The van der Waals surface area contributed by atoms with Crippen LogP contribution < -0.4 is 0 Å². The van der Waals surface area contributed by atoms with Crippen LogP contribution in [0.2, 0.25) is 0 Å². The minimum atomic E-state index is -0.791. The van der Waals surface area contributed by atoms with Gasteiger partial charge in [-0.3, -0.25) is 0 Å². The fraction of sp³-hybridized carbons (Fsp3) is 0.463. The molecule has 1 fully saturated rings. The van der Waals surface area contributed by atoms with Gasteiger partial charge in [-0.1, -0.05) is 106 Å². The van der Waals surface area contributed by atoms with E-state index in [0.29, 0.717) is 23.1 Å². The number of hydrogen-bond donors (Lipinski definition) is 0. The summed E-state index contributed by atoms with van der Waals surface area (Å²) >= 11 is 0. The molecule has 234 valence electrons. The molecule has 0 bridgehead atoms. The Labute approximate surface area is 263 Å². The molecule has 3 aromatic rings. The smallest absolute Gasteiger partial charge is 0.166 e. The lowest BCUT2D eigenvalue weighted by Crippen LogP contribution is -2.22. The number of unbranched alkanes of at least 4 members (excludes halogenated alkanes) is 5. The first-order chi connectivity index (χ1) is 21.5. The molecule has 0 N–H and O–H groups in total. The number of aryl methyl sites for hydroxylation is 1. The average Bonchev–Trinajstić information content (AvgIpc) is 3.05. The van der Waals surface area contributed by atoms with Crippen LogP contribution in [-0.2, 0) is 6.42 Å². The third-order valence-electron chi connectivity index (χ3n) is 10.2. The van der Waals surface area contributed by atoms with E-state index >= 15 is 8.78 Å². The van der Waals surface area contributed by atoms with Gasteiger partial charge >= 0.3 is 0 Å². The summed E-state index contributed by atoms with van der Waals surface area (Å²) in [5.74, 6) is 0.555. The van der Waals surface area contributed by atoms with Crippen molar-refractivity contribution >= 4 is 5.57 Å². The van der Waals surface area contributed by atoms with Gasteiger partial charge < -0.3 is 0 Å². The highest BCUT2D eigenvalue weighted by atomic mass is 19.2. The lowest BCUT2D eigenvalue weighted by Gasteiger charge is -2.35. The van der Waals surface area contributed by atoms with Gasteiger partial charge in [-0.25, -0.2) is 13.2 Å². The first kappa shape index (κ1) is 32.3. The van der Waals surface area contributed by atoms with E-state index in [2.05, 4.69) is 32.1 Å². The molecule has 0 spiro atoms. The number of hydrogen-bond acceptors (Lipinski definition) is 0. The summed E-state index contributed by atoms with van der Waals surface area (Å²) in [7, 11) is 0. The van der Waals surface area contributed by atoms with Crippen LogP contribution in [0.25, 0.3) is 27.8 Å². The summed E-state index contributed by atoms with van der Waals surface area (Å²) in [5.41, 5.74) is 4.79. The average molecular weight is 599 g/mol. The Hall–Kier alpha value is -3.07. The molecule has 1 unspecified atom stereocenters. The lowest BCUT2D eigenvalue weighted by atomic mass is 9.71. The molecule has 3 aromatic carbocycles. The molecule has 44 heavy (non-hydrogen) atoms. The van der Waals surface area contributed by atoms with Crippen molar-refractivity contribution in [1.29, 1.82) is 0 Å². The Morgan fingerprint density at radius 1 is 0.682 bits per heavy atom. The van der Waals surface area contributed by atoms with Crippen LogP contribution >= 0.6 is 0 Å². The first-order valence-corrected chi connectivity index (χ1v) is 17.2. The van der Waals surface area contributed by atoms with Crippen molar-refractivity contribution in [3.8, 4) is 22.3 Å². The quantitative estimate of drug-likeness (QED) is 0.144. The summed E-state index contributed by atoms with van der Waals surface area (Å²) in [6, 6.07) is 16.2. The molecule has 0 nitrogen and oxygen atoms in total. The Kier molecular flexibility index (Phi) is 11.6. The third kappa shape index (κ3) is 7.95. The second-order valence-electron chi connectivity index (χ2n) is 13.2. The van der Waals surface area contributed by atoms with E-state index in [1.807, 2.05) is 24.3 Å². The van der Waals surface area contributed by atoms with Gasteiger partial charge in [0, 0.05) is 11.1 Å². The molecule has 2 aliphatic carbocycles. The molecule has 3 heteroatoms. The van der Waals surface area contributed by atoms with Gasteiger partial charge in [0.1, 0.15) is 5.82 Å². The number of halogens is 3. The molecule has 0 radical (unpaired) electrons. The van der Waals surface area contributed by atoms with Crippen molar-refractivity contribution in [1.82, 2.24) is 0 Å². The van der Waals surface area contributed by atoms with Crippen LogP contribution in [-0.4, -0.2) is 0 Å². The molecule has 1 atom stereocenters. The molecular formula is C41H49F3. The largest absolute Gasteiger partial charge is 0.206 e. The summed E-state index contributed by atoms with van der Waals surface area (Å²) in [6.07, 6.45) is 22.5. The molecule has 0 amide bonds. The molecule has 5 rings (SSSR count). The van der Waals surface area contributed by atoms with Gasteiger partial charge in [0.25, 0.3) is 0 Å². The van der Waals surface area contributed by atoms with Crippen LogP contribution in [0.3, 0.4) is 0 Å². The van der Waals surface area contributed by atoms with Gasteiger partial charge in [0.15, 0.2) is 11.6 Å². The van der Waals surface area contributed by atoms with Crippen LogP contribution in [0, 0.1) is 35.2 Å². The maximum Gasteiger partial charge on any atom is 0.166 e. The van der Waals surface area contributed by atoms with Crippen LogP contribution in [0.5, 0.6) is 0 Å². The van der Waals surface area contributed by atoms with Gasteiger partial charge in [-0.05, 0) is 116 Å². The van der Waals surface area contributed by atoms with E-state index < -0.39 is 11.6 Å². The van der Waals surface area contributed by atoms with E-state index in [0.717, 1.165) is 73.0 Å². The second kappa shape index (κ2) is 15.8.